The Labute approximate surface area is 103 Å². The van der Waals surface area contributed by atoms with E-state index in [4.69, 9.17) is 5.11 Å². The highest BCUT2D eigenvalue weighted by Crippen LogP contribution is 2.47. The Hall–Kier alpha value is -1.05. The second-order valence-corrected chi connectivity index (χ2v) is 5.82. The van der Waals surface area contributed by atoms with Crippen LogP contribution in [0, 0.1) is 23.7 Å². The zero-order chi connectivity index (χ0) is 12.6. The lowest BCUT2D eigenvalue weighted by molar-refractivity contribution is -0.133. The molecule has 0 aromatic carbocycles. The van der Waals surface area contributed by atoms with Crippen molar-refractivity contribution in [2.75, 3.05) is 0 Å². The van der Waals surface area contributed by atoms with Crippen molar-refractivity contribution in [2.24, 2.45) is 23.7 Å². The van der Waals surface area contributed by atoms with Crippen molar-refractivity contribution in [1.29, 1.82) is 0 Å². The van der Waals surface area contributed by atoms with Crippen LogP contribution in [0.1, 0.15) is 39.5 Å². The van der Waals surface area contributed by atoms with Gasteiger partial charge in [0.2, 0.25) is 0 Å². The first kappa shape index (κ1) is 12.4. The van der Waals surface area contributed by atoms with Gasteiger partial charge in [0, 0.05) is 5.57 Å². The Kier molecular flexibility index (Phi) is 3.41. The summed E-state index contributed by atoms with van der Waals surface area (Å²) in [6, 6.07) is 0. The molecule has 0 aliphatic heterocycles. The lowest BCUT2D eigenvalue weighted by Crippen LogP contribution is -2.34. The molecule has 1 fully saturated rings. The minimum Gasteiger partial charge on any atom is -0.478 e. The molecule has 0 aromatic heterocycles. The van der Waals surface area contributed by atoms with Gasteiger partial charge in [-0.05, 0) is 49.4 Å². The van der Waals surface area contributed by atoms with E-state index < -0.39 is 5.97 Å². The van der Waals surface area contributed by atoms with E-state index in [2.05, 4.69) is 20.4 Å². The summed E-state index contributed by atoms with van der Waals surface area (Å²) in [5, 5.41) is 9.13. The molecule has 1 N–H and O–H groups in total. The van der Waals surface area contributed by atoms with Crippen molar-refractivity contribution in [3.8, 4) is 0 Å². The molecule has 1 saturated carbocycles. The van der Waals surface area contributed by atoms with Gasteiger partial charge in [-0.2, -0.15) is 0 Å². The van der Waals surface area contributed by atoms with E-state index >= 15 is 0 Å². The Balaban J connectivity index is 2.28. The molecule has 0 saturated heterocycles. The van der Waals surface area contributed by atoms with Gasteiger partial charge in [-0.25, -0.2) is 4.79 Å². The van der Waals surface area contributed by atoms with Crippen LogP contribution < -0.4 is 0 Å². The van der Waals surface area contributed by atoms with Gasteiger partial charge in [-0.1, -0.05) is 32.1 Å². The summed E-state index contributed by atoms with van der Waals surface area (Å²) < 4.78 is 0. The summed E-state index contributed by atoms with van der Waals surface area (Å²) in [7, 11) is 0. The number of hydrogen-bond donors (Lipinski definition) is 1. The fourth-order valence-corrected chi connectivity index (χ4v) is 3.52. The van der Waals surface area contributed by atoms with E-state index in [1.165, 1.54) is 12.0 Å². The summed E-state index contributed by atoms with van der Waals surface area (Å²) in [5.74, 6) is 1.46. The topological polar surface area (TPSA) is 37.3 Å². The van der Waals surface area contributed by atoms with Crippen LogP contribution in [-0.2, 0) is 4.79 Å². The highest BCUT2D eigenvalue weighted by molar-refractivity contribution is 5.86. The molecule has 2 heteroatoms. The maximum atomic E-state index is 11.1. The summed E-state index contributed by atoms with van der Waals surface area (Å²) in [6.45, 7) is 8.68. The lowest BCUT2D eigenvalue weighted by Gasteiger charge is -2.42. The Morgan fingerprint density at radius 1 is 1.41 bits per heavy atom. The zero-order valence-electron chi connectivity index (χ0n) is 10.8. The van der Waals surface area contributed by atoms with Gasteiger partial charge in [0.25, 0.3) is 0 Å². The molecule has 3 atom stereocenters. The van der Waals surface area contributed by atoms with Crippen molar-refractivity contribution in [3.63, 3.8) is 0 Å². The maximum Gasteiger partial charge on any atom is 0.331 e. The largest absolute Gasteiger partial charge is 0.478 e. The summed E-state index contributed by atoms with van der Waals surface area (Å²) in [5.41, 5.74) is 1.96. The molecule has 17 heavy (non-hydrogen) atoms. The second-order valence-electron chi connectivity index (χ2n) is 5.82. The predicted molar refractivity (Wildman–Crippen MR) is 68.6 cm³/mol. The van der Waals surface area contributed by atoms with Crippen molar-refractivity contribution in [2.45, 2.75) is 39.5 Å². The first-order chi connectivity index (χ1) is 8.00. The number of rotatable bonds is 2. The van der Waals surface area contributed by atoms with Crippen LogP contribution in [0.2, 0.25) is 0 Å². The van der Waals surface area contributed by atoms with Crippen LogP contribution >= 0.6 is 0 Å². The van der Waals surface area contributed by atoms with Crippen molar-refractivity contribution >= 4 is 5.97 Å². The molecule has 2 aliphatic carbocycles. The SMILES string of the molecule is C=C1CC[C@H](C(C)C)[C@H]2C=C(C(=O)O)CC[C@@H]12. The minimum absolute atomic E-state index is 0.413. The van der Waals surface area contributed by atoms with Gasteiger partial charge in [0.1, 0.15) is 0 Å². The van der Waals surface area contributed by atoms with Crippen molar-refractivity contribution in [1.82, 2.24) is 0 Å². The van der Waals surface area contributed by atoms with Crippen LogP contribution in [0.3, 0.4) is 0 Å². The van der Waals surface area contributed by atoms with Gasteiger partial charge in [0.15, 0.2) is 0 Å². The molecular weight excluding hydrogens is 212 g/mol. The van der Waals surface area contributed by atoms with E-state index in [-0.39, 0.29) is 0 Å². The highest BCUT2D eigenvalue weighted by Gasteiger charge is 2.38. The quantitative estimate of drug-likeness (QED) is 0.740. The Morgan fingerprint density at radius 2 is 2.12 bits per heavy atom. The molecule has 0 amide bonds. The third kappa shape index (κ3) is 2.31. The van der Waals surface area contributed by atoms with Crippen LogP contribution in [0.15, 0.2) is 23.8 Å². The molecule has 0 bridgehead atoms. The number of carboxylic acids is 1. The molecule has 2 aliphatic rings. The van der Waals surface area contributed by atoms with Gasteiger partial charge < -0.3 is 5.11 Å². The number of hydrogen-bond acceptors (Lipinski definition) is 1. The Bertz CT molecular complexity index is 365. The zero-order valence-corrected chi connectivity index (χ0v) is 10.8. The van der Waals surface area contributed by atoms with E-state index in [9.17, 15) is 4.79 Å². The number of fused-ring (bicyclic) bond motifs is 1. The summed E-state index contributed by atoms with van der Waals surface area (Å²) in [6.07, 6.45) is 6.01. The molecule has 0 unspecified atom stereocenters. The minimum atomic E-state index is -0.734. The third-order valence-electron chi connectivity index (χ3n) is 4.53. The van der Waals surface area contributed by atoms with Crippen molar-refractivity contribution in [3.05, 3.63) is 23.8 Å². The molecular formula is C15H22O2. The van der Waals surface area contributed by atoms with Crippen LogP contribution in [0.5, 0.6) is 0 Å². The van der Waals surface area contributed by atoms with Crippen molar-refractivity contribution < 1.29 is 9.90 Å². The standard InChI is InChI=1S/C15H22O2/c1-9(2)12-6-4-10(3)13-7-5-11(15(16)17)8-14(12)13/h8-9,12-14H,3-7H2,1-2H3,(H,16,17)/t12-,13+,14-/m1/s1. The van der Waals surface area contributed by atoms with E-state index in [1.54, 1.807) is 0 Å². The molecule has 0 spiro atoms. The Morgan fingerprint density at radius 3 is 2.71 bits per heavy atom. The average Bonchev–Trinajstić information content (AvgIpc) is 2.28. The number of allylic oxidation sites excluding steroid dienone is 2. The molecule has 2 rings (SSSR count). The number of carbonyl (C=O) groups is 1. The van der Waals surface area contributed by atoms with E-state index in [1.807, 2.05) is 6.08 Å². The van der Waals surface area contributed by atoms with E-state index in [0.717, 1.165) is 12.8 Å². The first-order valence-corrected chi connectivity index (χ1v) is 6.62. The second kappa shape index (κ2) is 4.67. The predicted octanol–water partition coefficient (Wildman–Crippen LogP) is 3.65. The fourth-order valence-electron chi connectivity index (χ4n) is 3.52. The van der Waals surface area contributed by atoms with Crippen LogP contribution in [0.25, 0.3) is 0 Å². The summed E-state index contributed by atoms with van der Waals surface area (Å²) in [4.78, 5) is 11.1. The number of carboxylic acid groups (broad SMARTS) is 1. The third-order valence-corrected chi connectivity index (χ3v) is 4.53. The molecule has 94 valence electrons. The van der Waals surface area contributed by atoms with Gasteiger partial charge in [0.05, 0.1) is 0 Å². The fraction of sp³-hybridized carbons (Fsp3) is 0.667. The molecule has 0 heterocycles. The maximum absolute atomic E-state index is 11.1. The van der Waals surface area contributed by atoms with E-state index in [0.29, 0.717) is 35.7 Å². The highest BCUT2D eigenvalue weighted by atomic mass is 16.4. The van der Waals surface area contributed by atoms with Crippen LogP contribution in [-0.4, -0.2) is 11.1 Å². The summed E-state index contributed by atoms with van der Waals surface area (Å²) >= 11 is 0. The first-order valence-electron chi connectivity index (χ1n) is 6.62. The lowest BCUT2D eigenvalue weighted by atomic mass is 9.62. The van der Waals surface area contributed by atoms with Gasteiger partial charge >= 0.3 is 5.97 Å². The number of aliphatic carboxylic acids is 1. The van der Waals surface area contributed by atoms with Gasteiger partial charge in [-0.3, -0.25) is 0 Å². The smallest absolute Gasteiger partial charge is 0.331 e. The average molecular weight is 234 g/mol. The van der Waals surface area contributed by atoms with Gasteiger partial charge in [-0.15, -0.1) is 0 Å². The van der Waals surface area contributed by atoms with Crippen LogP contribution in [0.4, 0.5) is 0 Å². The molecule has 0 aromatic rings. The monoisotopic (exact) mass is 234 g/mol. The normalized spacial score (nSPS) is 33.2. The molecule has 2 nitrogen and oxygen atoms in total. The molecule has 0 radical (unpaired) electrons.